The number of hydrogen-bond acceptors (Lipinski definition) is 5. The lowest BCUT2D eigenvalue weighted by Gasteiger charge is -2.32. The average molecular weight is 481 g/mol. The summed E-state index contributed by atoms with van der Waals surface area (Å²) in [5.41, 5.74) is 2.61. The van der Waals surface area contributed by atoms with Gasteiger partial charge in [-0.15, -0.1) is 11.8 Å². The van der Waals surface area contributed by atoms with Crippen LogP contribution in [-0.2, 0) is 20.9 Å². The molecule has 2 aromatic rings. The van der Waals surface area contributed by atoms with Gasteiger partial charge in [0.15, 0.2) is 0 Å². The van der Waals surface area contributed by atoms with Crippen molar-refractivity contribution in [2.75, 3.05) is 42.7 Å². The van der Waals surface area contributed by atoms with Crippen molar-refractivity contribution in [3.05, 3.63) is 54.1 Å². The van der Waals surface area contributed by atoms with Crippen LogP contribution < -0.4 is 15.5 Å². The highest BCUT2D eigenvalue weighted by Gasteiger charge is 2.23. The summed E-state index contributed by atoms with van der Waals surface area (Å²) in [6.45, 7) is 4.10. The minimum absolute atomic E-state index is 0.0840. The van der Waals surface area contributed by atoms with Crippen LogP contribution in [0.3, 0.4) is 0 Å². The van der Waals surface area contributed by atoms with Gasteiger partial charge in [0, 0.05) is 42.3 Å². The Labute approximate surface area is 205 Å². The van der Waals surface area contributed by atoms with Crippen molar-refractivity contribution >= 4 is 40.9 Å². The second-order valence-corrected chi connectivity index (χ2v) is 9.74. The quantitative estimate of drug-likeness (QED) is 0.468. The number of carbonyl (C=O) groups is 3. The molecule has 0 aliphatic carbocycles. The van der Waals surface area contributed by atoms with Gasteiger partial charge in [0.1, 0.15) is 0 Å². The number of amides is 3. The number of hydrogen-bond donors (Lipinski definition) is 2. The van der Waals surface area contributed by atoms with Gasteiger partial charge in [-0.05, 0) is 74.4 Å². The molecule has 0 unspecified atom stereocenters. The first kappa shape index (κ1) is 24.3. The Morgan fingerprint density at radius 3 is 2.56 bits per heavy atom. The van der Waals surface area contributed by atoms with Gasteiger partial charge in [-0.1, -0.05) is 24.3 Å². The standard InChI is InChI=1S/C26H32N4O3S/c1-34-23-9-3-2-6-20(23)18-29-14-11-19(12-15-29)17-27-25(32)26(33)28-21-7-4-8-22(16-21)30-13-5-10-24(30)31/h2-4,6-9,16,19H,5,10-15,17-18H2,1H3,(H,27,32)(H,28,33). The largest absolute Gasteiger partial charge is 0.348 e. The minimum Gasteiger partial charge on any atom is -0.348 e. The molecule has 0 spiro atoms. The average Bonchev–Trinajstić information content (AvgIpc) is 3.29. The van der Waals surface area contributed by atoms with Crippen molar-refractivity contribution in [1.82, 2.24) is 10.2 Å². The van der Waals surface area contributed by atoms with E-state index in [1.807, 2.05) is 6.07 Å². The van der Waals surface area contributed by atoms with E-state index in [-0.39, 0.29) is 5.91 Å². The molecule has 2 aliphatic heterocycles. The van der Waals surface area contributed by atoms with Crippen molar-refractivity contribution < 1.29 is 14.4 Å². The number of nitrogens with zero attached hydrogens (tertiary/aromatic N) is 2. The molecule has 180 valence electrons. The monoisotopic (exact) mass is 480 g/mol. The van der Waals surface area contributed by atoms with E-state index in [4.69, 9.17) is 0 Å². The van der Waals surface area contributed by atoms with Crippen LogP contribution in [0, 0.1) is 5.92 Å². The van der Waals surface area contributed by atoms with Crippen LogP contribution in [0.5, 0.6) is 0 Å². The molecule has 2 saturated heterocycles. The van der Waals surface area contributed by atoms with Crippen molar-refractivity contribution in [1.29, 1.82) is 0 Å². The van der Waals surface area contributed by atoms with Crippen LogP contribution >= 0.6 is 11.8 Å². The summed E-state index contributed by atoms with van der Waals surface area (Å²) in [5.74, 6) is -0.857. The molecule has 4 rings (SSSR count). The maximum Gasteiger partial charge on any atom is 0.313 e. The van der Waals surface area contributed by atoms with Crippen LogP contribution in [0.15, 0.2) is 53.4 Å². The fourth-order valence-corrected chi connectivity index (χ4v) is 5.21. The molecule has 0 saturated carbocycles. The van der Waals surface area contributed by atoms with Crippen molar-refractivity contribution in [3.8, 4) is 0 Å². The van der Waals surface area contributed by atoms with Crippen LogP contribution in [0.25, 0.3) is 0 Å². The van der Waals surface area contributed by atoms with Gasteiger partial charge in [-0.2, -0.15) is 0 Å². The highest BCUT2D eigenvalue weighted by Crippen LogP contribution is 2.25. The third-order valence-corrected chi connectivity index (χ3v) is 7.38. The Morgan fingerprint density at radius 2 is 1.82 bits per heavy atom. The zero-order chi connectivity index (χ0) is 23.9. The van der Waals surface area contributed by atoms with Gasteiger partial charge in [0.05, 0.1) is 0 Å². The number of thioether (sulfide) groups is 1. The smallest absolute Gasteiger partial charge is 0.313 e. The minimum atomic E-state index is -0.684. The molecule has 2 aromatic carbocycles. The van der Waals surface area contributed by atoms with E-state index < -0.39 is 11.8 Å². The van der Waals surface area contributed by atoms with Gasteiger partial charge >= 0.3 is 11.8 Å². The lowest BCUT2D eigenvalue weighted by atomic mass is 9.96. The second-order valence-electron chi connectivity index (χ2n) is 8.89. The lowest BCUT2D eigenvalue weighted by Crippen LogP contribution is -2.41. The molecule has 0 bridgehead atoms. The van der Waals surface area contributed by atoms with E-state index in [1.165, 1.54) is 10.5 Å². The van der Waals surface area contributed by atoms with Gasteiger partial charge in [0.2, 0.25) is 5.91 Å². The summed E-state index contributed by atoms with van der Waals surface area (Å²) in [6, 6.07) is 15.6. The SMILES string of the molecule is CSc1ccccc1CN1CCC(CNC(=O)C(=O)Nc2cccc(N3CCCC3=O)c2)CC1. The summed E-state index contributed by atoms with van der Waals surface area (Å²) in [4.78, 5) is 42.2. The highest BCUT2D eigenvalue weighted by atomic mass is 32.2. The number of anilines is 2. The van der Waals surface area contributed by atoms with Crippen molar-refractivity contribution in [3.63, 3.8) is 0 Å². The van der Waals surface area contributed by atoms with Crippen LogP contribution in [0.1, 0.15) is 31.2 Å². The molecular weight excluding hydrogens is 448 g/mol. The number of benzene rings is 2. The molecule has 3 amide bonds. The first-order chi connectivity index (χ1) is 16.5. The molecule has 0 radical (unpaired) electrons. The number of nitrogens with one attached hydrogen (secondary N) is 2. The summed E-state index contributed by atoms with van der Waals surface area (Å²) in [7, 11) is 0. The van der Waals surface area contributed by atoms with Crippen LogP contribution in [0.2, 0.25) is 0 Å². The normalized spacial score (nSPS) is 17.1. The molecule has 34 heavy (non-hydrogen) atoms. The fraction of sp³-hybridized carbons (Fsp3) is 0.423. The van der Waals surface area contributed by atoms with Crippen molar-refractivity contribution in [2.24, 2.45) is 5.92 Å². The van der Waals surface area contributed by atoms with Gasteiger partial charge in [0.25, 0.3) is 0 Å². The molecule has 0 atom stereocenters. The highest BCUT2D eigenvalue weighted by molar-refractivity contribution is 7.98. The second kappa shape index (κ2) is 11.5. The molecule has 0 aromatic heterocycles. The summed E-state index contributed by atoms with van der Waals surface area (Å²) in [5, 5.41) is 5.45. The Balaban J connectivity index is 1.21. The maximum absolute atomic E-state index is 12.4. The van der Waals surface area contributed by atoms with E-state index in [0.29, 0.717) is 31.1 Å². The summed E-state index contributed by atoms with van der Waals surface area (Å²) >= 11 is 1.78. The third kappa shape index (κ3) is 6.18. The number of likely N-dealkylation sites (tertiary alicyclic amines) is 1. The predicted molar refractivity (Wildman–Crippen MR) is 136 cm³/mol. The first-order valence-electron chi connectivity index (χ1n) is 11.9. The van der Waals surface area contributed by atoms with E-state index in [1.54, 1.807) is 34.9 Å². The number of carbonyl (C=O) groups excluding carboxylic acids is 3. The predicted octanol–water partition coefficient (Wildman–Crippen LogP) is 3.50. The maximum atomic E-state index is 12.4. The Bertz CT molecular complexity index is 1040. The number of rotatable bonds is 7. The molecule has 7 nitrogen and oxygen atoms in total. The molecule has 8 heteroatoms. The van der Waals surface area contributed by atoms with Crippen LogP contribution in [0.4, 0.5) is 11.4 Å². The fourth-order valence-electron chi connectivity index (χ4n) is 4.60. The van der Waals surface area contributed by atoms with Crippen LogP contribution in [-0.4, -0.2) is 55.1 Å². The Hall–Kier alpha value is -2.84. The zero-order valence-corrected chi connectivity index (χ0v) is 20.4. The Morgan fingerprint density at radius 1 is 1.03 bits per heavy atom. The van der Waals surface area contributed by atoms with Gasteiger partial charge in [-0.25, -0.2) is 0 Å². The summed E-state index contributed by atoms with van der Waals surface area (Å²) < 4.78 is 0. The third-order valence-electron chi connectivity index (χ3n) is 6.54. The van der Waals surface area contributed by atoms with E-state index in [2.05, 4.69) is 46.1 Å². The van der Waals surface area contributed by atoms with E-state index >= 15 is 0 Å². The first-order valence-corrected chi connectivity index (χ1v) is 13.1. The topological polar surface area (TPSA) is 81.8 Å². The van der Waals surface area contributed by atoms with E-state index in [9.17, 15) is 14.4 Å². The van der Waals surface area contributed by atoms with Gasteiger partial charge < -0.3 is 15.5 Å². The Kier molecular flexibility index (Phi) is 8.24. The molecular formula is C26H32N4O3S. The van der Waals surface area contributed by atoms with E-state index in [0.717, 1.165) is 44.6 Å². The summed E-state index contributed by atoms with van der Waals surface area (Å²) in [6.07, 6.45) is 5.48. The van der Waals surface area contributed by atoms with Crippen molar-refractivity contribution in [2.45, 2.75) is 37.1 Å². The molecule has 2 N–H and O–H groups in total. The molecule has 2 aliphatic rings. The van der Waals surface area contributed by atoms with Gasteiger partial charge in [-0.3, -0.25) is 19.3 Å². The zero-order valence-electron chi connectivity index (χ0n) is 19.6. The molecule has 2 heterocycles. The lowest BCUT2D eigenvalue weighted by molar-refractivity contribution is -0.136. The molecule has 2 fully saturated rings. The number of piperidine rings is 1.